The number of fused-ring (bicyclic) bond motifs is 1. The van der Waals surface area contributed by atoms with E-state index in [0.717, 1.165) is 63.5 Å². The molecule has 2 saturated heterocycles. The van der Waals surface area contributed by atoms with Crippen molar-refractivity contribution in [2.45, 2.75) is 58.3 Å². The fourth-order valence-corrected chi connectivity index (χ4v) is 5.38. The van der Waals surface area contributed by atoms with Crippen LogP contribution in [0.15, 0.2) is 36.7 Å². The number of likely N-dealkylation sites (tertiary alicyclic amines) is 2. The summed E-state index contributed by atoms with van der Waals surface area (Å²) in [6, 6.07) is 7.94. The Morgan fingerprint density at radius 3 is 2.52 bits per heavy atom. The van der Waals surface area contributed by atoms with Gasteiger partial charge in [0.1, 0.15) is 0 Å². The molecule has 4 heterocycles. The summed E-state index contributed by atoms with van der Waals surface area (Å²) in [6.45, 7) is 8.71. The normalized spacial score (nSPS) is 24.2. The highest BCUT2D eigenvalue weighted by Gasteiger charge is 2.40. The highest BCUT2D eigenvalue weighted by Crippen LogP contribution is 2.45. The number of ether oxygens (including phenoxy) is 2. The number of anilines is 1. The van der Waals surface area contributed by atoms with Crippen molar-refractivity contribution in [2.75, 3.05) is 31.9 Å². The molecule has 176 valence electrons. The molecular formula is C26H34N4O3. The van der Waals surface area contributed by atoms with Crippen LogP contribution >= 0.6 is 0 Å². The standard InChI is InChI=1S/C26H34N4O3/c1-3-25(2)32-22-6-4-5-19(23(22)33-25)18-29-13-8-26(9-14-29)10-15-30(16-11-26)24(31)20-7-12-28-17-21(20)27/h4-7,12,17H,3,8-11,13-16,18,27H2,1-2H3. The molecule has 5 rings (SSSR count). The molecule has 0 saturated carbocycles. The number of para-hydroxylation sites is 1. The molecular weight excluding hydrogens is 416 g/mol. The summed E-state index contributed by atoms with van der Waals surface area (Å²) in [7, 11) is 0. The molecule has 2 aromatic rings. The van der Waals surface area contributed by atoms with Crippen LogP contribution < -0.4 is 15.2 Å². The summed E-state index contributed by atoms with van der Waals surface area (Å²) in [5.74, 6) is 1.24. The van der Waals surface area contributed by atoms with E-state index in [1.54, 1.807) is 18.5 Å². The summed E-state index contributed by atoms with van der Waals surface area (Å²) in [4.78, 5) is 21.4. The van der Waals surface area contributed by atoms with Gasteiger partial charge in [0.2, 0.25) is 5.79 Å². The third-order valence-corrected chi connectivity index (χ3v) is 7.85. The Hall–Kier alpha value is -2.80. The first-order chi connectivity index (χ1) is 15.9. The predicted molar refractivity (Wildman–Crippen MR) is 127 cm³/mol. The summed E-state index contributed by atoms with van der Waals surface area (Å²) in [6.07, 6.45) is 8.45. The summed E-state index contributed by atoms with van der Waals surface area (Å²) >= 11 is 0. The molecule has 0 bridgehead atoms. The molecule has 1 aromatic heterocycles. The van der Waals surface area contributed by atoms with Crippen LogP contribution in [0.3, 0.4) is 0 Å². The molecule has 1 aromatic carbocycles. The van der Waals surface area contributed by atoms with E-state index in [1.807, 2.05) is 17.9 Å². The van der Waals surface area contributed by atoms with Crippen LogP contribution in [0.5, 0.6) is 11.5 Å². The zero-order chi connectivity index (χ0) is 23.1. The van der Waals surface area contributed by atoms with E-state index in [4.69, 9.17) is 15.2 Å². The number of nitrogen functional groups attached to an aromatic ring is 1. The molecule has 2 fully saturated rings. The molecule has 1 unspecified atom stereocenters. The van der Waals surface area contributed by atoms with Crippen LogP contribution in [0.4, 0.5) is 5.69 Å². The second-order valence-corrected chi connectivity index (χ2v) is 9.97. The largest absolute Gasteiger partial charge is 0.449 e. The SMILES string of the molecule is CCC1(C)Oc2cccc(CN3CCC4(CC3)CCN(C(=O)c3ccncc3N)CC4)c2O1. The van der Waals surface area contributed by atoms with Crippen LogP contribution in [0.25, 0.3) is 0 Å². The number of rotatable bonds is 4. The Bertz CT molecular complexity index is 1020. The zero-order valence-corrected chi connectivity index (χ0v) is 19.7. The fraction of sp³-hybridized carbons (Fsp3) is 0.538. The van der Waals surface area contributed by atoms with Gasteiger partial charge in [0.15, 0.2) is 11.5 Å². The minimum Gasteiger partial charge on any atom is -0.449 e. The molecule has 0 radical (unpaired) electrons. The maximum Gasteiger partial charge on any atom is 0.256 e. The average Bonchev–Trinajstić information content (AvgIpc) is 3.19. The van der Waals surface area contributed by atoms with Gasteiger partial charge in [-0.2, -0.15) is 0 Å². The monoisotopic (exact) mass is 450 g/mol. The minimum absolute atomic E-state index is 0.0291. The summed E-state index contributed by atoms with van der Waals surface area (Å²) < 4.78 is 12.3. The van der Waals surface area contributed by atoms with Gasteiger partial charge in [0, 0.05) is 44.7 Å². The summed E-state index contributed by atoms with van der Waals surface area (Å²) in [5, 5.41) is 0. The summed E-state index contributed by atoms with van der Waals surface area (Å²) in [5.41, 5.74) is 8.54. The van der Waals surface area contributed by atoms with Gasteiger partial charge in [-0.1, -0.05) is 19.1 Å². The van der Waals surface area contributed by atoms with E-state index in [0.29, 0.717) is 16.7 Å². The van der Waals surface area contributed by atoms with Gasteiger partial charge in [-0.05, 0) is 56.3 Å². The molecule has 2 N–H and O–H groups in total. The number of benzene rings is 1. The van der Waals surface area contributed by atoms with Gasteiger partial charge in [0.05, 0.1) is 17.4 Å². The lowest BCUT2D eigenvalue weighted by molar-refractivity contribution is -0.0645. The van der Waals surface area contributed by atoms with Crippen LogP contribution in [-0.2, 0) is 6.54 Å². The smallest absolute Gasteiger partial charge is 0.256 e. The van der Waals surface area contributed by atoms with Gasteiger partial charge in [-0.25, -0.2) is 0 Å². The zero-order valence-electron chi connectivity index (χ0n) is 19.7. The Morgan fingerprint density at radius 2 is 1.82 bits per heavy atom. The number of carbonyl (C=O) groups is 1. The van der Waals surface area contributed by atoms with Crippen LogP contribution in [0.2, 0.25) is 0 Å². The Labute approximate surface area is 195 Å². The van der Waals surface area contributed by atoms with Crippen molar-refractivity contribution in [3.8, 4) is 11.5 Å². The number of amides is 1. The van der Waals surface area contributed by atoms with Crippen molar-refractivity contribution in [1.82, 2.24) is 14.8 Å². The molecule has 7 heteroatoms. The van der Waals surface area contributed by atoms with E-state index in [-0.39, 0.29) is 5.91 Å². The number of carbonyl (C=O) groups excluding carboxylic acids is 1. The van der Waals surface area contributed by atoms with E-state index >= 15 is 0 Å². The Balaban J connectivity index is 1.17. The maximum absolute atomic E-state index is 12.9. The molecule has 1 amide bonds. The fourth-order valence-electron chi connectivity index (χ4n) is 5.38. The lowest BCUT2D eigenvalue weighted by Gasteiger charge is -2.47. The average molecular weight is 451 g/mol. The number of hydrogen-bond donors (Lipinski definition) is 1. The van der Waals surface area contributed by atoms with Gasteiger partial charge in [-0.3, -0.25) is 14.7 Å². The lowest BCUT2D eigenvalue weighted by atomic mass is 9.71. The van der Waals surface area contributed by atoms with Crippen molar-refractivity contribution >= 4 is 11.6 Å². The van der Waals surface area contributed by atoms with Gasteiger partial charge >= 0.3 is 0 Å². The molecule has 0 aliphatic carbocycles. The first-order valence-corrected chi connectivity index (χ1v) is 12.1. The third-order valence-electron chi connectivity index (χ3n) is 7.85. The lowest BCUT2D eigenvalue weighted by Crippen LogP contribution is -2.48. The minimum atomic E-state index is -0.559. The number of nitrogens with zero attached hydrogens (tertiary/aromatic N) is 3. The number of nitrogens with two attached hydrogens (primary N) is 1. The van der Waals surface area contributed by atoms with Crippen LogP contribution in [-0.4, -0.2) is 52.7 Å². The van der Waals surface area contributed by atoms with Gasteiger partial charge < -0.3 is 20.1 Å². The molecule has 7 nitrogen and oxygen atoms in total. The highest BCUT2D eigenvalue weighted by molar-refractivity contribution is 5.98. The predicted octanol–water partition coefficient (Wildman–Crippen LogP) is 4.08. The number of aromatic nitrogens is 1. The first kappa shape index (κ1) is 22.0. The first-order valence-electron chi connectivity index (χ1n) is 12.1. The molecule has 1 atom stereocenters. The molecule has 3 aliphatic rings. The molecule has 3 aliphatic heterocycles. The van der Waals surface area contributed by atoms with Gasteiger partial charge in [0.25, 0.3) is 5.91 Å². The van der Waals surface area contributed by atoms with E-state index < -0.39 is 5.79 Å². The van der Waals surface area contributed by atoms with E-state index in [9.17, 15) is 4.79 Å². The van der Waals surface area contributed by atoms with Crippen LogP contribution in [0, 0.1) is 5.41 Å². The Morgan fingerprint density at radius 1 is 1.09 bits per heavy atom. The number of hydrogen-bond acceptors (Lipinski definition) is 6. The molecule has 1 spiro atoms. The van der Waals surface area contributed by atoms with Crippen molar-refractivity contribution in [1.29, 1.82) is 0 Å². The number of pyridine rings is 1. The van der Waals surface area contributed by atoms with E-state index in [1.165, 1.54) is 18.4 Å². The third kappa shape index (κ3) is 4.26. The van der Waals surface area contributed by atoms with Crippen molar-refractivity contribution in [3.05, 3.63) is 47.8 Å². The maximum atomic E-state index is 12.9. The van der Waals surface area contributed by atoms with E-state index in [2.05, 4.69) is 28.9 Å². The second kappa shape index (κ2) is 8.52. The highest BCUT2D eigenvalue weighted by atomic mass is 16.7. The van der Waals surface area contributed by atoms with Crippen molar-refractivity contribution in [3.63, 3.8) is 0 Å². The second-order valence-electron chi connectivity index (χ2n) is 9.97. The van der Waals surface area contributed by atoms with Crippen molar-refractivity contribution in [2.24, 2.45) is 5.41 Å². The number of piperidine rings is 2. The van der Waals surface area contributed by atoms with Crippen LogP contribution in [0.1, 0.15) is 61.9 Å². The topological polar surface area (TPSA) is 80.9 Å². The quantitative estimate of drug-likeness (QED) is 0.756. The molecule has 33 heavy (non-hydrogen) atoms. The van der Waals surface area contributed by atoms with Gasteiger partial charge in [-0.15, -0.1) is 0 Å². The Kier molecular flexibility index (Phi) is 5.69. The van der Waals surface area contributed by atoms with Crippen molar-refractivity contribution < 1.29 is 14.3 Å².